The Morgan fingerprint density at radius 1 is 1.23 bits per heavy atom. The van der Waals surface area contributed by atoms with Crippen LogP contribution in [0.1, 0.15) is 38.3 Å². The zero-order chi connectivity index (χ0) is 16.4. The molecule has 1 aromatic carbocycles. The van der Waals surface area contributed by atoms with E-state index in [1.54, 1.807) is 24.3 Å². The molecule has 0 aromatic heterocycles. The van der Waals surface area contributed by atoms with Crippen LogP contribution in [-0.4, -0.2) is 33.8 Å². The van der Waals surface area contributed by atoms with Crippen LogP contribution in [0.25, 0.3) is 0 Å². The molecule has 1 N–H and O–H groups in total. The molecule has 1 aliphatic heterocycles. The van der Waals surface area contributed by atoms with Gasteiger partial charge in [0.2, 0.25) is 5.91 Å². The molecule has 1 aliphatic rings. The highest BCUT2D eigenvalue weighted by Gasteiger charge is 2.35. The summed E-state index contributed by atoms with van der Waals surface area (Å²) >= 11 is 0. The fourth-order valence-electron chi connectivity index (χ4n) is 2.51. The summed E-state index contributed by atoms with van der Waals surface area (Å²) in [6.45, 7) is 5.09. The van der Waals surface area contributed by atoms with Crippen molar-refractivity contribution < 1.29 is 17.9 Å². The van der Waals surface area contributed by atoms with E-state index in [-0.39, 0.29) is 22.3 Å². The van der Waals surface area contributed by atoms with Crippen LogP contribution in [0.3, 0.4) is 0 Å². The minimum absolute atomic E-state index is 0.0236. The minimum Gasteiger partial charge on any atom is -0.381 e. The van der Waals surface area contributed by atoms with E-state index < -0.39 is 9.84 Å². The van der Waals surface area contributed by atoms with Crippen molar-refractivity contribution in [2.75, 3.05) is 19.5 Å². The van der Waals surface area contributed by atoms with Gasteiger partial charge in [0.05, 0.1) is 16.4 Å². The number of hydrogen-bond acceptors (Lipinski definition) is 4. The number of ether oxygens (including phenoxy) is 1. The Kier molecular flexibility index (Phi) is 4.92. The summed E-state index contributed by atoms with van der Waals surface area (Å²) in [4.78, 5) is 12.8. The number of carbonyl (C=O) groups excluding carboxylic acids is 1. The van der Waals surface area contributed by atoms with Gasteiger partial charge >= 0.3 is 0 Å². The van der Waals surface area contributed by atoms with E-state index in [0.29, 0.717) is 13.2 Å². The maximum atomic E-state index is 12.5. The first-order chi connectivity index (χ1) is 10.2. The highest BCUT2D eigenvalue weighted by Crippen LogP contribution is 2.30. The highest BCUT2D eigenvalue weighted by atomic mass is 32.2. The molecule has 1 saturated heterocycles. The van der Waals surface area contributed by atoms with Gasteiger partial charge in [-0.25, -0.2) is 8.42 Å². The van der Waals surface area contributed by atoms with Crippen molar-refractivity contribution >= 4 is 15.7 Å². The van der Waals surface area contributed by atoms with Crippen molar-refractivity contribution in [3.05, 3.63) is 29.8 Å². The molecule has 6 heteroatoms. The Morgan fingerprint density at radius 3 is 2.27 bits per heavy atom. The number of nitrogens with one attached hydrogen (secondary N) is 1. The molecule has 1 fully saturated rings. The summed E-state index contributed by atoms with van der Waals surface area (Å²) in [6.07, 6.45) is 2.62. The second-order valence-electron chi connectivity index (χ2n) is 6.21. The zero-order valence-corrected chi connectivity index (χ0v) is 14.1. The standard InChI is InChI=1S/C16H23NO4S/c1-12(13-4-6-14(7-5-13)22(3,19)20)17-15(18)16(2)8-10-21-11-9-16/h4-7,12H,8-11H2,1-3H3,(H,17,18)/t12-/m0/s1. The van der Waals surface area contributed by atoms with Crippen molar-refractivity contribution in [3.8, 4) is 0 Å². The van der Waals surface area contributed by atoms with Crippen LogP contribution in [-0.2, 0) is 19.4 Å². The lowest BCUT2D eigenvalue weighted by Gasteiger charge is -2.33. The molecule has 1 atom stereocenters. The van der Waals surface area contributed by atoms with Crippen LogP contribution in [0.2, 0.25) is 0 Å². The largest absolute Gasteiger partial charge is 0.381 e. The number of hydrogen-bond donors (Lipinski definition) is 1. The fourth-order valence-corrected chi connectivity index (χ4v) is 3.14. The van der Waals surface area contributed by atoms with E-state index >= 15 is 0 Å². The lowest BCUT2D eigenvalue weighted by molar-refractivity contribution is -0.135. The van der Waals surface area contributed by atoms with Gasteiger partial charge in [0, 0.05) is 19.5 Å². The van der Waals surface area contributed by atoms with Crippen LogP contribution >= 0.6 is 0 Å². The number of benzene rings is 1. The summed E-state index contributed by atoms with van der Waals surface area (Å²) in [5, 5.41) is 3.02. The van der Waals surface area contributed by atoms with Gasteiger partial charge in [-0.1, -0.05) is 19.1 Å². The average molecular weight is 325 g/mol. The lowest BCUT2D eigenvalue weighted by Crippen LogP contribution is -2.43. The third-order valence-corrected chi connectivity index (χ3v) is 5.43. The molecule has 1 amide bonds. The summed E-state index contributed by atoms with van der Waals surface area (Å²) in [5.41, 5.74) is 0.496. The normalized spacial score (nSPS) is 19.4. The second-order valence-corrected chi connectivity index (χ2v) is 8.23. The summed E-state index contributed by atoms with van der Waals surface area (Å²) in [7, 11) is -3.20. The van der Waals surface area contributed by atoms with E-state index in [0.717, 1.165) is 18.4 Å². The van der Waals surface area contributed by atoms with Crippen molar-refractivity contribution in [3.63, 3.8) is 0 Å². The lowest BCUT2D eigenvalue weighted by atomic mass is 9.81. The van der Waals surface area contributed by atoms with E-state index in [9.17, 15) is 13.2 Å². The summed E-state index contributed by atoms with van der Waals surface area (Å²) < 4.78 is 28.2. The average Bonchev–Trinajstić information content (AvgIpc) is 2.47. The second kappa shape index (κ2) is 6.38. The maximum absolute atomic E-state index is 12.5. The van der Waals surface area contributed by atoms with Crippen LogP contribution in [0, 0.1) is 5.41 Å². The number of amides is 1. The number of rotatable bonds is 4. The van der Waals surface area contributed by atoms with E-state index in [4.69, 9.17) is 4.74 Å². The molecule has 2 rings (SSSR count). The van der Waals surface area contributed by atoms with Crippen LogP contribution in [0.5, 0.6) is 0 Å². The number of sulfone groups is 1. The number of carbonyl (C=O) groups is 1. The van der Waals surface area contributed by atoms with Gasteiger partial charge in [0.15, 0.2) is 9.84 Å². The van der Waals surface area contributed by atoms with Crippen LogP contribution < -0.4 is 5.32 Å². The SMILES string of the molecule is C[C@H](NC(=O)C1(C)CCOCC1)c1ccc(S(C)(=O)=O)cc1. The molecule has 0 radical (unpaired) electrons. The van der Waals surface area contributed by atoms with E-state index in [2.05, 4.69) is 5.32 Å². The highest BCUT2D eigenvalue weighted by molar-refractivity contribution is 7.90. The van der Waals surface area contributed by atoms with E-state index in [1.165, 1.54) is 6.26 Å². The predicted octanol–water partition coefficient (Wildman–Crippen LogP) is 2.08. The first kappa shape index (κ1) is 17.0. The van der Waals surface area contributed by atoms with Crippen molar-refractivity contribution in [2.24, 2.45) is 5.41 Å². The van der Waals surface area contributed by atoms with Crippen LogP contribution in [0.4, 0.5) is 0 Å². The van der Waals surface area contributed by atoms with Gasteiger partial charge in [-0.2, -0.15) is 0 Å². The first-order valence-electron chi connectivity index (χ1n) is 7.41. The van der Waals surface area contributed by atoms with Crippen LogP contribution in [0.15, 0.2) is 29.2 Å². The molecule has 122 valence electrons. The summed E-state index contributed by atoms with van der Waals surface area (Å²) in [6, 6.07) is 6.47. The van der Waals surface area contributed by atoms with Gasteiger partial charge in [-0.05, 0) is 37.5 Å². The molecule has 1 heterocycles. The molecule has 0 unspecified atom stereocenters. The fraction of sp³-hybridized carbons (Fsp3) is 0.562. The Labute approximate surface area is 132 Å². The quantitative estimate of drug-likeness (QED) is 0.920. The Bertz CT molecular complexity index is 631. The molecule has 0 bridgehead atoms. The van der Waals surface area contributed by atoms with Gasteiger partial charge in [0.25, 0.3) is 0 Å². The van der Waals surface area contributed by atoms with Crippen molar-refractivity contribution in [2.45, 2.75) is 37.6 Å². The topological polar surface area (TPSA) is 72.5 Å². The third kappa shape index (κ3) is 3.87. The minimum atomic E-state index is -3.20. The molecule has 1 aromatic rings. The zero-order valence-electron chi connectivity index (χ0n) is 13.3. The predicted molar refractivity (Wildman–Crippen MR) is 84.3 cm³/mol. The van der Waals surface area contributed by atoms with E-state index in [1.807, 2.05) is 13.8 Å². The monoisotopic (exact) mass is 325 g/mol. The molecule has 5 nitrogen and oxygen atoms in total. The van der Waals surface area contributed by atoms with Gasteiger partial charge in [0.1, 0.15) is 0 Å². The first-order valence-corrected chi connectivity index (χ1v) is 9.30. The van der Waals surface area contributed by atoms with Crippen molar-refractivity contribution in [1.82, 2.24) is 5.32 Å². The van der Waals surface area contributed by atoms with Gasteiger partial charge < -0.3 is 10.1 Å². The summed E-state index contributed by atoms with van der Waals surface area (Å²) in [5.74, 6) is 0.0236. The van der Waals surface area contributed by atoms with Gasteiger partial charge in [-0.3, -0.25) is 4.79 Å². The molecule has 22 heavy (non-hydrogen) atoms. The molecule has 0 spiro atoms. The molecular weight excluding hydrogens is 302 g/mol. The third-order valence-electron chi connectivity index (χ3n) is 4.30. The smallest absolute Gasteiger partial charge is 0.226 e. The molecule has 0 aliphatic carbocycles. The van der Waals surface area contributed by atoms with Gasteiger partial charge in [-0.15, -0.1) is 0 Å². The Hall–Kier alpha value is -1.40. The van der Waals surface area contributed by atoms with Crippen molar-refractivity contribution in [1.29, 1.82) is 0 Å². The molecular formula is C16H23NO4S. The Balaban J connectivity index is 2.05. The maximum Gasteiger partial charge on any atom is 0.226 e. The molecule has 0 saturated carbocycles. The Morgan fingerprint density at radius 2 is 1.77 bits per heavy atom.